The van der Waals surface area contributed by atoms with Crippen LogP contribution in [0, 0.1) is 0 Å². The Labute approximate surface area is 176 Å². The Kier molecular flexibility index (Phi) is 6.38. The molecule has 2 aromatic rings. The molecule has 0 radical (unpaired) electrons. The molecule has 9 heteroatoms. The molecular weight excluding hydrogens is 392 g/mol. The van der Waals surface area contributed by atoms with Gasteiger partial charge in [-0.15, -0.1) is 0 Å². The number of nitrogens with zero attached hydrogens (tertiary/aromatic N) is 4. The molecule has 1 aromatic heterocycles. The standard InChI is InChI=1S/C20H27ClN6O2/c1-26(2)16-12-29-10-9-17(16)27(3,4)20-23-11-15(18(22)28)19(25-20)24-14-7-5-13(21)6-8-14/h5-8,11,16-17H,9-10,12H2,1-4H3,(H2-,22,23,24,25,28)/p+1. The number of benzene rings is 1. The van der Waals surface area contributed by atoms with Gasteiger partial charge in [0.25, 0.3) is 5.91 Å². The van der Waals surface area contributed by atoms with E-state index >= 15 is 0 Å². The second-order valence-corrected chi connectivity index (χ2v) is 8.37. The molecule has 1 aliphatic rings. The molecule has 0 spiro atoms. The lowest BCUT2D eigenvalue weighted by Crippen LogP contribution is -2.63. The number of quaternary nitrogens is 1. The van der Waals surface area contributed by atoms with E-state index in [4.69, 9.17) is 27.1 Å². The van der Waals surface area contributed by atoms with Gasteiger partial charge in [-0.3, -0.25) is 14.2 Å². The SMILES string of the molecule is CN(C)C1COCCC1[N+](C)(C)c1ncc(C(N)=O)c(Nc2ccc(Cl)cc2)n1. The van der Waals surface area contributed by atoms with Crippen molar-refractivity contribution >= 4 is 35.0 Å². The van der Waals surface area contributed by atoms with Crippen molar-refractivity contribution in [2.75, 3.05) is 46.7 Å². The maximum absolute atomic E-state index is 11.9. The van der Waals surface area contributed by atoms with E-state index in [0.29, 0.717) is 34.5 Å². The first-order valence-electron chi connectivity index (χ1n) is 9.48. The first-order valence-corrected chi connectivity index (χ1v) is 9.85. The third kappa shape index (κ3) is 4.67. The van der Waals surface area contributed by atoms with E-state index in [1.165, 1.54) is 6.20 Å². The number of hydrogen-bond acceptors (Lipinski definition) is 6. The Hall–Kier alpha value is -2.26. The molecule has 0 bridgehead atoms. The van der Waals surface area contributed by atoms with Crippen molar-refractivity contribution in [3.05, 3.63) is 41.0 Å². The van der Waals surface area contributed by atoms with Gasteiger partial charge in [-0.25, -0.2) is 0 Å². The molecule has 3 rings (SSSR count). The van der Waals surface area contributed by atoms with Crippen LogP contribution >= 0.6 is 11.6 Å². The fourth-order valence-corrected chi connectivity index (χ4v) is 3.83. The Bertz CT molecular complexity index is 872. The second kappa shape index (κ2) is 8.62. The number of carbonyl (C=O) groups is 1. The highest BCUT2D eigenvalue weighted by Gasteiger charge is 2.42. The number of anilines is 2. The van der Waals surface area contributed by atoms with Crippen LogP contribution in [0.2, 0.25) is 5.02 Å². The van der Waals surface area contributed by atoms with E-state index in [0.717, 1.165) is 12.1 Å². The van der Waals surface area contributed by atoms with Gasteiger partial charge in [0.05, 0.1) is 39.5 Å². The number of primary amides is 1. The lowest BCUT2D eigenvalue weighted by molar-refractivity contribution is -0.0129. The largest absolute Gasteiger partial charge is 0.379 e. The number of aromatic nitrogens is 2. The van der Waals surface area contributed by atoms with Gasteiger partial charge in [0, 0.05) is 17.1 Å². The van der Waals surface area contributed by atoms with Gasteiger partial charge in [-0.05, 0) is 38.4 Å². The summed E-state index contributed by atoms with van der Waals surface area (Å²) in [7, 11) is 8.27. The normalized spacial score (nSPS) is 19.9. The first-order chi connectivity index (χ1) is 13.7. The Morgan fingerprint density at radius 2 is 2.00 bits per heavy atom. The fraction of sp³-hybridized carbons (Fsp3) is 0.450. The van der Waals surface area contributed by atoms with Gasteiger partial charge in [-0.1, -0.05) is 11.6 Å². The number of halogens is 1. The molecule has 1 saturated heterocycles. The highest BCUT2D eigenvalue weighted by atomic mass is 35.5. The van der Waals surface area contributed by atoms with Gasteiger partial charge < -0.3 is 15.8 Å². The molecule has 0 saturated carbocycles. The molecule has 1 aliphatic heterocycles. The predicted molar refractivity (Wildman–Crippen MR) is 116 cm³/mol. The van der Waals surface area contributed by atoms with E-state index in [9.17, 15) is 4.79 Å². The highest BCUT2D eigenvalue weighted by Crippen LogP contribution is 2.29. The molecule has 1 fully saturated rings. The molecule has 3 N–H and O–H groups in total. The number of rotatable bonds is 6. The summed E-state index contributed by atoms with van der Waals surface area (Å²) in [6.45, 7) is 1.36. The Balaban J connectivity index is 1.98. The van der Waals surface area contributed by atoms with Crippen LogP contribution in [0.15, 0.2) is 30.5 Å². The fourth-order valence-electron chi connectivity index (χ4n) is 3.70. The Morgan fingerprint density at radius 1 is 1.31 bits per heavy atom. The summed E-state index contributed by atoms with van der Waals surface area (Å²) in [5, 5.41) is 3.80. The predicted octanol–water partition coefficient (Wildman–Crippen LogP) is 2.26. The molecule has 0 aliphatic carbocycles. The molecular formula is C20H28ClN6O2+. The van der Waals surface area contributed by atoms with Crippen LogP contribution in [0.5, 0.6) is 0 Å². The van der Waals surface area contributed by atoms with E-state index < -0.39 is 5.91 Å². The number of ether oxygens (including phenoxy) is 1. The number of amides is 1. The molecule has 29 heavy (non-hydrogen) atoms. The van der Waals surface area contributed by atoms with E-state index in [-0.39, 0.29) is 17.6 Å². The topological polar surface area (TPSA) is 93.4 Å². The summed E-state index contributed by atoms with van der Waals surface area (Å²) in [6, 6.07) is 7.62. The van der Waals surface area contributed by atoms with Gasteiger partial charge in [0.15, 0.2) is 5.82 Å². The lowest BCUT2D eigenvalue weighted by Gasteiger charge is -2.44. The zero-order valence-corrected chi connectivity index (χ0v) is 18.0. The highest BCUT2D eigenvalue weighted by molar-refractivity contribution is 6.30. The van der Waals surface area contributed by atoms with Crippen LogP contribution in [-0.4, -0.2) is 74.3 Å². The minimum atomic E-state index is -0.587. The van der Waals surface area contributed by atoms with Crippen molar-refractivity contribution in [3.8, 4) is 0 Å². The molecule has 156 valence electrons. The van der Waals surface area contributed by atoms with E-state index in [1.807, 2.05) is 12.1 Å². The van der Waals surface area contributed by atoms with Crippen molar-refractivity contribution < 1.29 is 9.53 Å². The van der Waals surface area contributed by atoms with Crippen LogP contribution in [0.3, 0.4) is 0 Å². The van der Waals surface area contributed by atoms with Gasteiger partial charge >= 0.3 is 5.95 Å². The second-order valence-electron chi connectivity index (χ2n) is 7.93. The monoisotopic (exact) mass is 419 g/mol. The summed E-state index contributed by atoms with van der Waals surface area (Å²) in [4.78, 5) is 23.3. The van der Waals surface area contributed by atoms with Gasteiger partial charge in [0.2, 0.25) is 0 Å². The Morgan fingerprint density at radius 3 is 2.62 bits per heavy atom. The van der Waals surface area contributed by atoms with Crippen molar-refractivity contribution in [1.82, 2.24) is 19.4 Å². The summed E-state index contributed by atoms with van der Waals surface area (Å²) in [5.74, 6) is 0.394. The summed E-state index contributed by atoms with van der Waals surface area (Å²) in [5.41, 5.74) is 6.54. The number of nitrogens with two attached hydrogens (primary N) is 1. The van der Waals surface area contributed by atoms with Crippen LogP contribution in [0.25, 0.3) is 0 Å². The minimum absolute atomic E-state index is 0.228. The summed E-state index contributed by atoms with van der Waals surface area (Å²) in [6.07, 6.45) is 2.38. The first kappa shape index (κ1) is 21.4. The summed E-state index contributed by atoms with van der Waals surface area (Å²) < 4.78 is 6.15. The molecule has 1 aromatic carbocycles. The maximum Gasteiger partial charge on any atom is 0.330 e. The number of carbonyl (C=O) groups excluding carboxylic acids is 1. The quantitative estimate of drug-likeness (QED) is 0.697. The zero-order chi connectivity index (χ0) is 21.2. The van der Waals surface area contributed by atoms with Crippen molar-refractivity contribution in [3.63, 3.8) is 0 Å². The molecule has 2 heterocycles. The third-order valence-corrected chi connectivity index (χ3v) is 5.70. The zero-order valence-electron chi connectivity index (χ0n) is 17.2. The smallest absolute Gasteiger partial charge is 0.330 e. The van der Waals surface area contributed by atoms with E-state index in [2.05, 4.69) is 43.4 Å². The van der Waals surface area contributed by atoms with Crippen LogP contribution in [0.4, 0.5) is 17.5 Å². The van der Waals surface area contributed by atoms with Crippen LogP contribution in [-0.2, 0) is 4.74 Å². The lowest BCUT2D eigenvalue weighted by atomic mass is 9.99. The van der Waals surface area contributed by atoms with E-state index in [1.54, 1.807) is 12.1 Å². The summed E-state index contributed by atoms with van der Waals surface area (Å²) >= 11 is 5.96. The average Bonchev–Trinajstić information content (AvgIpc) is 2.69. The van der Waals surface area contributed by atoms with Gasteiger partial charge in [0.1, 0.15) is 11.6 Å². The van der Waals surface area contributed by atoms with Crippen LogP contribution < -0.4 is 15.5 Å². The van der Waals surface area contributed by atoms with Crippen molar-refractivity contribution in [2.24, 2.45) is 5.73 Å². The molecule has 1 amide bonds. The molecule has 2 atom stereocenters. The average molecular weight is 420 g/mol. The third-order valence-electron chi connectivity index (χ3n) is 5.45. The number of nitrogens with one attached hydrogen (secondary N) is 1. The van der Waals surface area contributed by atoms with Gasteiger partial charge in [-0.2, -0.15) is 9.97 Å². The molecule has 8 nitrogen and oxygen atoms in total. The van der Waals surface area contributed by atoms with Crippen molar-refractivity contribution in [1.29, 1.82) is 0 Å². The van der Waals surface area contributed by atoms with Crippen molar-refractivity contribution in [2.45, 2.75) is 18.5 Å². The minimum Gasteiger partial charge on any atom is -0.379 e. The number of hydrogen-bond donors (Lipinski definition) is 2. The maximum atomic E-state index is 11.9. The molecule has 2 unspecified atom stereocenters. The number of likely N-dealkylation sites (N-methyl/N-ethyl adjacent to an activating group) is 2. The van der Waals surface area contributed by atoms with Crippen LogP contribution in [0.1, 0.15) is 16.8 Å².